The molecule has 9 aromatic rings. The molecule has 9 rings (SSSR count). The summed E-state index contributed by atoms with van der Waals surface area (Å²) in [5.74, 6) is -2.28. The average Bonchev–Trinajstić information content (AvgIpc) is 3.84. The van der Waals surface area contributed by atoms with Gasteiger partial charge in [-0.2, -0.15) is 9.97 Å². The Labute approximate surface area is 282 Å². The molecule has 6 nitrogen and oxygen atoms in total. The van der Waals surface area contributed by atoms with E-state index in [4.69, 9.17) is 26.0 Å². The van der Waals surface area contributed by atoms with E-state index < -0.39 is 183 Å². The molecular formula is C38H24N6. The molecule has 0 saturated carbocycles. The van der Waals surface area contributed by atoms with Crippen LogP contribution in [0.5, 0.6) is 0 Å². The standard InChI is InChI=1S/C38H24N6/c1-2-12-25(13-3-1)36-40-37(42-38(41-36)44-32-19-9-5-14-26(32)27-15-6-10-20-33(27)44)30-17-7-11-21-34(30)43-31-18-8-4-16-28(31)29-22-23-39-24-35(29)43/h1-24H/i1D,2D,3D,4D,5D,6D,7D,8D,9D,10D,11D,12D,13D,14D,15D,16D,17D,18D,19D,20D,21D. The highest BCUT2D eigenvalue weighted by Crippen LogP contribution is 2.36. The predicted molar refractivity (Wildman–Crippen MR) is 177 cm³/mol. The fourth-order valence-corrected chi connectivity index (χ4v) is 5.10. The minimum atomic E-state index is -0.874. The van der Waals surface area contributed by atoms with Crippen molar-refractivity contribution in [2.45, 2.75) is 0 Å². The number of rotatable bonds is 4. The van der Waals surface area contributed by atoms with Gasteiger partial charge >= 0.3 is 0 Å². The highest BCUT2D eigenvalue weighted by Gasteiger charge is 2.20. The van der Waals surface area contributed by atoms with Crippen molar-refractivity contribution in [2.24, 2.45) is 0 Å². The lowest BCUT2D eigenvalue weighted by Gasteiger charge is -2.15. The zero-order chi connectivity index (χ0) is 47.3. The van der Waals surface area contributed by atoms with Crippen LogP contribution in [0.1, 0.15) is 28.8 Å². The van der Waals surface area contributed by atoms with Crippen LogP contribution in [0.25, 0.3) is 78.0 Å². The number of nitrogens with zero attached hydrogens (tertiary/aromatic N) is 6. The van der Waals surface area contributed by atoms with Crippen LogP contribution in [0.4, 0.5) is 0 Å². The van der Waals surface area contributed by atoms with Crippen LogP contribution in [0, 0.1) is 0 Å². The molecule has 4 aromatic heterocycles. The summed E-state index contributed by atoms with van der Waals surface area (Å²) >= 11 is 0. The van der Waals surface area contributed by atoms with Gasteiger partial charge in [0.1, 0.15) is 0 Å². The Bertz CT molecular complexity index is 3590. The predicted octanol–water partition coefficient (Wildman–Crippen LogP) is 8.79. The zero-order valence-corrected chi connectivity index (χ0v) is 21.9. The Morgan fingerprint density at radius 1 is 0.477 bits per heavy atom. The summed E-state index contributed by atoms with van der Waals surface area (Å²) in [6.45, 7) is 0. The van der Waals surface area contributed by atoms with Crippen molar-refractivity contribution in [1.82, 2.24) is 29.1 Å². The Hall–Kier alpha value is -6.14. The van der Waals surface area contributed by atoms with Crippen molar-refractivity contribution in [3.05, 3.63) is 145 Å². The van der Waals surface area contributed by atoms with Crippen LogP contribution in [0.2, 0.25) is 0 Å². The first kappa shape index (κ1) is 11.5. The Morgan fingerprint density at radius 3 is 1.77 bits per heavy atom. The van der Waals surface area contributed by atoms with E-state index in [0.717, 1.165) is 9.13 Å². The van der Waals surface area contributed by atoms with E-state index >= 15 is 0 Å². The molecule has 0 bridgehead atoms. The fraction of sp³-hybridized carbons (Fsp3) is 0. The van der Waals surface area contributed by atoms with Gasteiger partial charge in [-0.1, -0.05) is 96.7 Å². The van der Waals surface area contributed by atoms with Gasteiger partial charge in [0.25, 0.3) is 0 Å². The minimum Gasteiger partial charge on any atom is -0.307 e. The summed E-state index contributed by atoms with van der Waals surface area (Å²) in [7, 11) is 0. The van der Waals surface area contributed by atoms with Gasteiger partial charge in [-0.15, -0.1) is 0 Å². The van der Waals surface area contributed by atoms with Crippen LogP contribution in [-0.4, -0.2) is 29.1 Å². The molecule has 4 heterocycles. The van der Waals surface area contributed by atoms with Gasteiger partial charge in [0.2, 0.25) is 5.95 Å². The molecule has 0 aliphatic heterocycles. The molecule has 0 N–H and O–H groups in total. The normalized spacial score (nSPS) is 18.3. The van der Waals surface area contributed by atoms with E-state index in [-0.39, 0.29) is 21.8 Å². The third-order valence-corrected chi connectivity index (χ3v) is 6.90. The van der Waals surface area contributed by atoms with Crippen molar-refractivity contribution in [1.29, 1.82) is 0 Å². The van der Waals surface area contributed by atoms with E-state index in [1.807, 2.05) is 0 Å². The lowest BCUT2D eigenvalue weighted by atomic mass is 10.1. The van der Waals surface area contributed by atoms with Gasteiger partial charge in [0, 0.05) is 38.9 Å². The minimum absolute atomic E-state index is 0.0234. The molecule has 44 heavy (non-hydrogen) atoms. The van der Waals surface area contributed by atoms with Gasteiger partial charge in [0.05, 0.1) is 62.7 Å². The van der Waals surface area contributed by atoms with Gasteiger partial charge < -0.3 is 4.57 Å². The molecule has 0 spiro atoms. The molecule has 206 valence electrons. The quantitative estimate of drug-likeness (QED) is 0.207. The summed E-state index contributed by atoms with van der Waals surface area (Å²) < 4.78 is 186. The molecule has 0 amide bonds. The molecule has 5 aromatic carbocycles. The van der Waals surface area contributed by atoms with Crippen LogP contribution in [-0.2, 0) is 0 Å². The lowest BCUT2D eigenvalue weighted by Crippen LogP contribution is -2.07. The van der Waals surface area contributed by atoms with Gasteiger partial charge in [0.15, 0.2) is 11.6 Å². The maximum Gasteiger partial charge on any atom is 0.238 e. The maximum atomic E-state index is 9.36. The fourth-order valence-electron chi connectivity index (χ4n) is 5.10. The molecule has 0 atom stereocenters. The third kappa shape index (κ3) is 3.68. The molecule has 0 radical (unpaired) electrons. The zero-order valence-electron chi connectivity index (χ0n) is 42.9. The summed E-state index contributed by atoms with van der Waals surface area (Å²) in [6, 6.07) is -14.8. The van der Waals surface area contributed by atoms with E-state index in [1.165, 1.54) is 18.5 Å². The topological polar surface area (TPSA) is 61.4 Å². The number of benzene rings is 5. The Kier molecular flexibility index (Phi) is 2.54. The highest BCUT2D eigenvalue weighted by atomic mass is 15.2. The lowest BCUT2D eigenvalue weighted by molar-refractivity contribution is 0.951. The SMILES string of the molecule is [2H]c1c([2H])c([2H])c(-c2nc(-c3c([2H])c([2H])c([2H])c([2H])c3-n3c4cnccc4c4c([2H])c([2H])c([2H])c([2H])c43)nc(-n3c4c([2H])c([2H])c([2H])c([2H])c4c4c([2H])c([2H])c([2H])c([2H])c43)n2)c([2H])c1[2H]. The number of hydrogen-bond acceptors (Lipinski definition) is 4. The first-order valence-corrected chi connectivity index (χ1v) is 12.9. The second kappa shape index (κ2) is 9.71. The van der Waals surface area contributed by atoms with Crippen molar-refractivity contribution in [3.8, 4) is 34.4 Å². The Morgan fingerprint density at radius 2 is 1.05 bits per heavy atom. The number of aromatic nitrogens is 6. The molecule has 6 heteroatoms. The van der Waals surface area contributed by atoms with Crippen LogP contribution in [0.15, 0.2) is 145 Å². The van der Waals surface area contributed by atoms with Crippen LogP contribution < -0.4 is 0 Å². The molecule has 0 aliphatic carbocycles. The van der Waals surface area contributed by atoms with E-state index in [0.29, 0.717) is 0 Å². The van der Waals surface area contributed by atoms with Crippen molar-refractivity contribution >= 4 is 43.6 Å². The van der Waals surface area contributed by atoms with E-state index in [1.54, 1.807) is 0 Å². The van der Waals surface area contributed by atoms with E-state index in [2.05, 4.69) is 19.9 Å². The highest BCUT2D eigenvalue weighted by molar-refractivity contribution is 6.10. The molecule has 0 unspecified atom stereocenters. The Balaban J connectivity index is 1.56. The molecule has 0 saturated heterocycles. The van der Waals surface area contributed by atoms with E-state index in [9.17, 15) is 2.74 Å². The van der Waals surface area contributed by atoms with Crippen molar-refractivity contribution in [2.75, 3.05) is 0 Å². The molecular weight excluding hydrogens is 540 g/mol. The number of hydrogen-bond donors (Lipinski definition) is 0. The second-order valence-electron chi connectivity index (χ2n) is 9.24. The van der Waals surface area contributed by atoms with Crippen LogP contribution >= 0.6 is 0 Å². The second-order valence-corrected chi connectivity index (χ2v) is 9.24. The maximum absolute atomic E-state index is 9.36. The first-order valence-electron chi connectivity index (χ1n) is 23.4. The third-order valence-electron chi connectivity index (χ3n) is 6.90. The summed E-state index contributed by atoms with van der Waals surface area (Å²) in [5, 5.41) is -0.682. The van der Waals surface area contributed by atoms with Gasteiger partial charge in [-0.25, -0.2) is 4.98 Å². The number of pyridine rings is 1. The van der Waals surface area contributed by atoms with Gasteiger partial charge in [-0.05, 0) is 36.3 Å². The van der Waals surface area contributed by atoms with Crippen LogP contribution in [0.3, 0.4) is 0 Å². The van der Waals surface area contributed by atoms with Gasteiger partial charge in [-0.3, -0.25) is 9.55 Å². The molecule has 0 aliphatic rings. The smallest absolute Gasteiger partial charge is 0.238 e. The average molecular weight is 586 g/mol. The van der Waals surface area contributed by atoms with Crippen molar-refractivity contribution in [3.63, 3.8) is 0 Å². The summed E-state index contributed by atoms with van der Waals surface area (Å²) in [6.07, 6.45) is 2.59. The molecule has 0 fully saturated rings. The number of para-hydroxylation sites is 4. The summed E-state index contributed by atoms with van der Waals surface area (Å²) in [5.41, 5.74) is -3.06. The number of fused-ring (bicyclic) bond motifs is 6. The monoisotopic (exact) mass is 585 g/mol. The summed E-state index contributed by atoms with van der Waals surface area (Å²) in [4.78, 5) is 17.6. The van der Waals surface area contributed by atoms with Crippen molar-refractivity contribution < 1.29 is 28.8 Å². The largest absolute Gasteiger partial charge is 0.307 e. The first-order chi connectivity index (χ1) is 30.6.